The van der Waals surface area contributed by atoms with Gasteiger partial charge in [0.15, 0.2) is 0 Å². The molecule has 5 rings (SSSR count). The summed E-state index contributed by atoms with van der Waals surface area (Å²) in [6.07, 6.45) is 17.0. The Kier molecular flexibility index (Phi) is 9.94. The maximum Gasteiger partial charge on any atom is 0.321 e. The Labute approximate surface area is 240 Å². The monoisotopic (exact) mass is 544 g/mol. The predicted octanol–water partition coefficient (Wildman–Crippen LogP) is 6.59. The maximum absolute atomic E-state index is 14.2. The molecular formula is C35H45FN2O2. The van der Waals surface area contributed by atoms with E-state index in [0.717, 1.165) is 75.3 Å². The lowest BCUT2D eigenvalue weighted by Gasteiger charge is -2.35. The van der Waals surface area contributed by atoms with Crippen LogP contribution < -0.4 is 0 Å². The van der Waals surface area contributed by atoms with Crippen molar-refractivity contribution in [3.63, 3.8) is 0 Å². The minimum absolute atomic E-state index is 0.166. The van der Waals surface area contributed by atoms with Crippen LogP contribution in [0, 0.1) is 35.9 Å². The second-order valence-electron chi connectivity index (χ2n) is 12.5. The molecule has 0 aromatic heterocycles. The van der Waals surface area contributed by atoms with E-state index in [-0.39, 0.29) is 17.7 Å². The average molecular weight is 545 g/mol. The van der Waals surface area contributed by atoms with Gasteiger partial charge in [0.1, 0.15) is 11.9 Å². The Morgan fingerprint density at radius 1 is 1.02 bits per heavy atom. The number of terminal acetylenes is 1. The number of carboxylic acids is 1. The summed E-state index contributed by atoms with van der Waals surface area (Å²) in [7, 11) is 0. The summed E-state index contributed by atoms with van der Waals surface area (Å²) in [4.78, 5) is 17.3. The third kappa shape index (κ3) is 7.33. The Morgan fingerprint density at radius 3 is 2.45 bits per heavy atom. The Morgan fingerprint density at radius 2 is 1.77 bits per heavy atom. The quantitative estimate of drug-likeness (QED) is 0.343. The molecule has 2 saturated heterocycles. The summed E-state index contributed by atoms with van der Waals surface area (Å²) in [5.41, 5.74) is 3.32. The number of piperidine rings is 1. The highest BCUT2D eigenvalue weighted by Gasteiger charge is 2.43. The molecule has 3 aliphatic rings. The summed E-state index contributed by atoms with van der Waals surface area (Å²) in [6, 6.07) is 15.0. The fourth-order valence-electron chi connectivity index (χ4n) is 7.69. The molecule has 3 atom stereocenters. The van der Waals surface area contributed by atoms with Crippen molar-refractivity contribution in [1.82, 2.24) is 9.80 Å². The highest BCUT2D eigenvalue weighted by atomic mass is 19.1. The molecule has 2 heterocycles. The third-order valence-electron chi connectivity index (χ3n) is 9.89. The number of hydrogen-bond donors (Lipinski definition) is 1. The first kappa shape index (κ1) is 28.8. The van der Waals surface area contributed by atoms with Crippen LogP contribution in [0.15, 0.2) is 48.5 Å². The first-order chi connectivity index (χ1) is 19.5. The molecule has 3 fully saturated rings. The number of aliphatic carboxylic acids is 1. The smallest absolute Gasteiger partial charge is 0.321 e. The summed E-state index contributed by atoms with van der Waals surface area (Å²) < 4.78 is 14.2. The lowest BCUT2D eigenvalue weighted by molar-refractivity contribution is -0.145. The molecule has 1 aliphatic carbocycles. The van der Waals surface area contributed by atoms with Gasteiger partial charge in [-0.25, -0.2) is 4.39 Å². The van der Waals surface area contributed by atoms with E-state index in [1.165, 1.54) is 43.7 Å². The summed E-state index contributed by atoms with van der Waals surface area (Å²) in [5.74, 6) is 3.27. The topological polar surface area (TPSA) is 43.8 Å². The van der Waals surface area contributed by atoms with Gasteiger partial charge in [0.05, 0.1) is 0 Å². The van der Waals surface area contributed by atoms with Crippen molar-refractivity contribution in [2.75, 3.05) is 32.7 Å². The zero-order chi connectivity index (χ0) is 27.9. The van der Waals surface area contributed by atoms with Crippen LogP contribution in [0.1, 0.15) is 80.4 Å². The van der Waals surface area contributed by atoms with Gasteiger partial charge in [-0.05, 0) is 105 Å². The number of likely N-dealkylation sites (tertiary alicyclic amines) is 2. The van der Waals surface area contributed by atoms with Crippen molar-refractivity contribution in [2.45, 2.75) is 76.2 Å². The van der Waals surface area contributed by atoms with Crippen molar-refractivity contribution in [2.24, 2.45) is 17.8 Å². The summed E-state index contributed by atoms with van der Waals surface area (Å²) >= 11 is 0. The minimum Gasteiger partial charge on any atom is -0.480 e. The third-order valence-corrected chi connectivity index (χ3v) is 9.89. The van der Waals surface area contributed by atoms with E-state index < -0.39 is 12.0 Å². The molecule has 2 aromatic carbocycles. The molecule has 2 aliphatic heterocycles. The van der Waals surface area contributed by atoms with Gasteiger partial charge in [-0.2, -0.15) is 0 Å². The van der Waals surface area contributed by atoms with Crippen LogP contribution in [0.4, 0.5) is 4.39 Å². The zero-order valence-electron chi connectivity index (χ0n) is 23.8. The SMILES string of the molecule is C#Cc1ccc(CCCC2CCN(CC3CN(C(C(=O)O)C4CCCCC4)CC3c3cccc(F)c3)CC2)cc1. The average Bonchev–Trinajstić information content (AvgIpc) is 3.37. The second kappa shape index (κ2) is 13.8. The summed E-state index contributed by atoms with van der Waals surface area (Å²) in [5, 5.41) is 10.3. The number of halogens is 1. The van der Waals surface area contributed by atoms with Crippen LogP contribution in [0.3, 0.4) is 0 Å². The summed E-state index contributed by atoms with van der Waals surface area (Å²) in [6.45, 7) is 4.65. The minimum atomic E-state index is -0.682. The normalized spacial score (nSPS) is 24.1. The lowest BCUT2D eigenvalue weighted by Crippen LogP contribution is -2.46. The van der Waals surface area contributed by atoms with Gasteiger partial charge in [0, 0.05) is 31.1 Å². The van der Waals surface area contributed by atoms with E-state index in [4.69, 9.17) is 6.42 Å². The fraction of sp³-hybridized carbons (Fsp3) is 0.571. The Bertz CT molecular complexity index is 1140. The number of benzene rings is 2. The van der Waals surface area contributed by atoms with Crippen LogP contribution >= 0.6 is 0 Å². The fourth-order valence-corrected chi connectivity index (χ4v) is 7.69. The van der Waals surface area contributed by atoms with Crippen molar-refractivity contribution in [3.05, 3.63) is 71.0 Å². The van der Waals surface area contributed by atoms with E-state index in [0.29, 0.717) is 12.5 Å². The molecule has 3 unspecified atom stereocenters. The molecule has 4 nitrogen and oxygen atoms in total. The lowest BCUT2D eigenvalue weighted by atomic mass is 9.83. The predicted molar refractivity (Wildman–Crippen MR) is 159 cm³/mol. The number of hydrogen-bond acceptors (Lipinski definition) is 3. The molecule has 1 N–H and O–H groups in total. The number of carbonyl (C=O) groups is 1. The van der Waals surface area contributed by atoms with Crippen LogP contribution in [0.25, 0.3) is 0 Å². The first-order valence-electron chi connectivity index (χ1n) is 15.5. The van der Waals surface area contributed by atoms with Gasteiger partial charge in [-0.15, -0.1) is 6.42 Å². The maximum atomic E-state index is 14.2. The van der Waals surface area contributed by atoms with E-state index >= 15 is 0 Å². The highest BCUT2D eigenvalue weighted by molar-refractivity contribution is 5.74. The van der Waals surface area contributed by atoms with Crippen molar-refractivity contribution in [3.8, 4) is 12.3 Å². The standard InChI is InChI=1S/C35H45FN2O2/c1-2-26-14-16-27(17-15-26)8-6-9-28-18-20-37(21-19-28)23-31-24-38(25-33(31)30-12-7-13-32(36)22-30)34(35(39)40)29-10-4-3-5-11-29/h1,7,12-17,22,28-29,31,33-34H,3-6,8-11,18-21,23-25H2,(H,39,40). The molecule has 0 bridgehead atoms. The van der Waals surface area contributed by atoms with Crippen LogP contribution in [0.2, 0.25) is 0 Å². The molecule has 0 spiro atoms. The number of rotatable bonds is 10. The molecule has 5 heteroatoms. The first-order valence-corrected chi connectivity index (χ1v) is 15.5. The number of carboxylic acid groups (broad SMARTS) is 1. The molecule has 1 saturated carbocycles. The molecular weight excluding hydrogens is 499 g/mol. The van der Waals surface area contributed by atoms with Crippen molar-refractivity contribution < 1.29 is 14.3 Å². The van der Waals surface area contributed by atoms with E-state index in [1.807, 2.05) is 18.2 Å². The van der Waals surface area contributed by atoms with E-state index in [1.54, 1.807) is 12.1 Å². The Hall–Kier alpha value is -2.68. The Balaban J connectivity index is 1.17. The highest BCUT2D eigenvalue weighted by Crippen LogP contribution is 2.39. The van der Waals surface area contributed by atoms with E-state index in [2.05, 4.69) is 27.9 Å². The van der Waals surface area contributed by atoms with Gasteiger partial charge in [-0.1, -0.05) is 55.9 Å². The van der Waals surface area contributed by atoms with Crippen LogP contribution in [0.5, 0.6) is 0 Å². The number of nitrogens with zero attached hydrogens (tertiary/aromatic N) is 2. The second-order valence-corrected chi connectivity index (χ2v) is 12.5. The molecule has 40 heavy (non-hydrogen) atoms. The molecule has 214 valence electrons. The molecule has 0 radical (unpaired) electrons. The zero-order valence-corrected chi connectivity index (χ0v) is 23.8. The van der Waals surface area contributed by atoms with Crippen LogP contribution in [-0.2, 0) is 11.2 Å². The largest absolute Gasteiger partial charge is 0.480 e. The molecule has 2 aromatic rings. The number of aryl methyl sites for hydroxylation is 1. The van der Waals surface area contributed by atoms with Gasteiger partial charge in [-0.3, -0.25) is 9.69 Å². The van der Waals surface area contributed by atoms with Crippen molar-refractivity contribution in [1.29, 1.82) is 0 Å². The van der Waals surface area contributed by atoms with Crippen molar-refractivity contribution >= 4 is 5.97 Å². The van der Waals surface area contributed by atoms with Crippen LogP contribution in [-0.4, -0.2) is 59.6 Å². The van der Waals surface area contributed by atoms with E-state index in [9.17, 15) is 14.3 Å². The molecule has 0 amide bonds. The van der Waals surface area contributed by atoms with Gasteiger partial charge in [0.25, 0.3) is 0 Å². The van der Waals surface area contributed by atoms with Gasteiger partial charge < -0.3 is 10.0 Å². The van der Waals surface area contributed by atoms with Gasteiger partial charge in [0.2, 0.25) is 0 Å². The van der Waals surface area contributed by atoms with Gasteiger partial charge >= 0.3 is 5.97 Å².